The highest BCUT2D eigenvalue weighted by Crippen LogP contribution is 2.34. The van der Waals surface area contributed by atoms with Gasteiger partial charge in [0, 0.05) is 4.47 Å². The number of hydrogen-bond donors (Lipinski definition) is 1. The third-order valence-electron chi connectivity index (χ3n) is 5.63. The molecule has 1 aliphatic rings. The van der Waals surface area contributed by atoms with E-state index in [1.54, 1.807) is 17.5 Å². The molecule has 0 unspecified atom stereocenters. The SMILES string of the molecule is Cc1nn2c(COC3CCC(c4ccccc4)CC3)c(Br)ccc2c1C(=O)O. The Labute approximate surface area is 172 Å². The number of rotatable bonds is 5. The molecule has 0 saturated heterocycles. The van der Waals surface area contributed by atoms with Crippen LogP contribution in [0.5, 0.6) is 0 Å². The van der Waals surface area contributed by atoms with Crippen LogP contribution in [0.25, 0.3) is 5.52 Å². The minimum absolute atomic E-state index is 0.220. The first-order chi connectivity index (χ1) is 13.5. The highest BCUT2D eigenvalue weighted by Gasteiger charge is 2.24. The first kappa shape index (κ1) is 19.2. The minimum Gasteiger partial charge on any atom is -0.478 e. The maximum absolute atomic E-state index is 11.5. The molecule has 2 heterocycles. The molecule has 146 valence electrons. The van der Waals surface area contributed by atoms with Crippen LogP contribution in [0.3, 0.4) is 0 Å². The summed E-state index contributed by atoms with van der Waals surface area (Å²) in [5, 5.41) is 13.9. The number of aromatic carboxylic acids is 1. The molecule has 0 radical (unpaired) electrons. The van der Waals surface area contributed by atoms with Crippen molar-refractivity contribution in [2.45, 2.75) is 51.2 Å². The molecular formula is C22H23BrN2O3. The van der Waals surface area contributed by atoms with Gasteiger partial charge in [-0.25, -0.2) is 9.31 Å². The summed E-state index contributed by atoms with van der Waals surface area (Å²) in [6.07, 6.45) is 4.55. The predicted octanol–water partition coefficient (Wildman–Crippen LogP) is 5.35. The van der Waals surface area contributed by atoms with E-state index in [2.05, 4.69) is 51.4 Å². The molecule has 0 atom stereocenters. The van der Waals surface area contributed by atoms with Crippen molar-refractivity contribution in [1.29, 1.82) is 0 Å². The molecule has 6 heteroatoms. The second-order valence-electron chi connectivity index (χ2n) is 7.39. The fourth-order valence-corrected chi connectivity index (χ4v) is 4.55. The summed E-state index contributed by atoms with van der Waals surface area (Å²) in [5.74, 6) is -0.343. The monoisotopic (exact) mass is 442 g/mol. The summed E-state index contributed by atoms with van der Waals surface area (Å²) >= 11 is 3.57. The van der Waals surface area contributed by atoms with Crippen LogP contribution >= 0.6 is 15.9 Å². The lowest BCUT2D eigenvalue weighted by atomic mass is 9.83. The summed E-state index contributed by atoms with van der Waals surface area (Å²) in [6.45, 7) is 2.12. The Morgan fingerprint density at radius 2 is 1.89 bits per heavy atom. The van der Waals surface area contributed by atoms with E-state index < -0.39 is 5.97 Å². The number of hydrogen-bond acceptors (Lipinski definition) is 3. The van der Waals surface area contributed by atoms with Crippen molar-refractivity contribution in [3.8, 4) is 0 Å². The van der Waals surface area contributed by atoms with Gasteiger partial charge in [0.05, 0.1) is 29.6 Å². The fourth-order valence-electron chi connectivity index (χ4n) is 4.13. The number of aryl methyl sites for hydroxylation is 1. The van der Waals surface area contributed by atoms with Crippen LogP contribution in [0.4, 0.5) is 0 Å². The van der Waals surface area contributed by atoms with Gasteiger partial charge in [0.25, 0.3) is 0 Å². The van der Waals surface area contributed by atoms with Crippen molar-refractivity contribution in [1.82, 2.24) is 9.61 Å². The second-order valence-corrected chi connectivity index (χ2v) is 8.24. The number of fused-ring (bicyclic) bond motifs is 1. The fraction of sp³-hybridized carbons (Fsp3) is 0.364. The standard InChI is InChI=1S/C22H23BrN2O3/c1-14-21(22(26)27)19-12-11-18(23)20(25(19)24-14)13-28-17-9-7-16(8-10-17)15-5-3-2-4-6-15/h2-6,11-12,16-17H,7-10,13H2,1H3,(H,26,27). The van der Waals surface area contributed by atoms with E-state index in [0.29, 0.717) is 23.7 Å². The average Bonchev–Trinajstić information content (AvgIpc) is 3.04. The molecule has 2 aromatic heterocycles. The Bertz CT molecular complexity index is 992. The van der Waals surface area contributed by atoms with Crippen molar-refractivity contribution in [2.24, 2.45) is 0 Å². The maximum atomic E-state index is 11.5. The molecular weight excluding hydrogens is 420 g/mol. The number of benzene rings is 1. The van der Waals surface area contributed by atoms with Crippen molar-refractivity contribution in [2.75, 3.05) is 0 Å². The molecule has 0 bridgehead atoms. The highest BCUT2D eigenvalue weighted by atomic mass is 79.9. The molecule has 5 nitrogen and oxygen atoms in total. The molecule has 28 heavy (non-hydrogen) atoms. The van der Waals surface area contributed by atoms with E-state index in [1.807, 2.05) is 6.07 Å². The lowest BCUT2D eigenvalue weighted by Gasteiger charge is -2.29. The summed E-state index contributed by atoms with van der Waals surface area (Å²) in [6, 6.07) is 14.3. The van der Waals surface area contributed by atoms with Crippen molar-refractivity contribution < 1.29 is 14.6 Å². The molecule has 1 N–H and O–H groups in total. The summed E-state index contributed by atoms with van der Waals surface area (Å²) < 4.78 is 8.78. The van der Waals surface area contributed by atoms with Crippen LogP contribution in [-0.2, 0) is 11.3 Å². The first-order valence-electron chi connectivity index (χ1n) is 9.61. The van der Waals surface area contributed by atoms with E-state index >= 15 is 0 Å². The number of carbonyl (C=O) groups is 1. The Kier molecular flexibility index (Phi) is 5.51. The zero-order chi connectivity index (χ0) is 19.7. The zero-order valence-corrected chi connectivity index (χ0v) is 17.4. The zero-order valence-electron chi connectivity index (χ0n) is 15.8. The first-order valence-corrected chi connectivity index (χ1v) is 10.4. The number of carboxylic acid groups (broad SMARTS) is 1. The Morgan fingerprint density at radius 1 is 1.18 bits per heavy atom. The number of carboxylic acids is 1. The number of halogens is 1. The quantitative estimate of drug-likeness (QED) is 0.578. The molecule has 1 aromatic carbocycles. The average molecular weight is 443 g/mol. The topological polar surface area (TPSA) is 63.8 Å². The van der Waals surface area contributed by atoms with E-state index in [1.165, 1.54) is 5.56 Å². The van der Waals surface area contributed by atoms with Gasteiger partial charge < -0.3 is 9.84 Å². The van der Waals surface area contributed by atoms with Crippen molar-refractivity contribution in [3.63, 3.8) is 0 Å². The van der Waals surface area contributed by atoms with Gasteiger partial charge in [-0.3, -0.25) is 0 Å². The van der Waals surface area contributed by atoms with Gasteiger partial charge >= 0.3 is 5.97 Å². The largest absolute Gasteiger partial charge is 0.478 e. The summed E-state index contributed by atoms with van der Waals surface area (Å²) in [7, 11) is 0. The Hall–Kier alpha value is -2.18. The summed E-state index contributed by atoms with van der Waals surface area (Å²) in [4.78, 5) is 11.5. The van der Waals surface area contributed by atoms with Gasteiger partial charge in [-0.2, -0.15) is 5.10 Å². The molecule has 1 aliphatic carbocycles. The van der Waals surface area contributed by atoms with E-state index in [-0.39, 0.29) is 11.7 Å². The van der Waals surface area contributed by atoms with Gasteiger partial charge in [-0.1, -0.05) is 30.3 Å². The maximum Gasteiger partial charge on any atom is 0.339 e. The van der Waals surface area contributed by atoms with Crippen molar-refractivity contribution in [3.05, 3.63) is 69.5 Å². The number of aromatic nitrogens is 2. The molecule has 0 amide bonds. The molecule has 1 fully saturated rings. The Balaban J connectivity index is 1.46. The van der Waals surface area contributed by atoms with Gasteiger partial charge in [0.2, 0.25) is 0 Å². The van der Waals surface area contributed by atoms with Gasteiger partial charge in [0.1, 0.15) is 5.56 Å². The van der Waals surface area contributed by atoms with Crippen LogP contribution in [-0.4, -0.2) is 26.8 Å². The third kappa shape index (κ3) is 3.71. The molecule has 4 rings (SSSR count). The van der Waals surface area contributed by atoms with Crippen molar-refractivity contribution >= 4 is 27.4 Å². The highest BCUT2D eigenvalue weighted by molar-refractivity contribution is 9.10. The van der Waals surface area contributed by atoms with Crippen LogP contribution in [0.2, 0.25) is 0 Å². The lowest BCUT2D eigenvalue weighted by molar-refractivity contribution is 0.0107. The lowest BCUT2D eigenvalue weighted by Crippen LogP contribution is -2.21. The molecule has 1 saturated carbocycles. The van der Waals surface area contributed by atoms with Crippen LogP contribution in [0, 0.1) is 6.92 Å². The van der Waals surface area contributed by atoms with E-state index in [9.17, 15) is 9.90 Å². The smallest absolute Gasteiger partial charge is 0.339 e. The second kappa shape index (κ2) is 8.05. The van der Waals surface area contributed by atoms with Gasteiger partial charge in [0.15, 0.2) is 0 Å². The van der Waals surface area contributed by atoms with Gasteiger partial charge in [-0.05, 0) is 72.2 Å². The predicted molar refractivity (Wildman–Crippen MR) is 111 cm³/mol. The number of nitrogens with zero attached hydrogens (tertiary/aromatic N) is 2. The van der Waals surface area contributed by atoms with Crippen LogP contribution in [0.1, 0.15) is 58.9 Å². The number of pyridine rings is 1. The summed E-state index contributed by atoms with van der Waals surface area (Å²) in [5.41, 5.74) is 3.62. The van der Waals surface area contributed by atoms with E-state index in [0.717, 1.165) is 35.8 Å². The normalized spacial score (nSPS) is 19.8. The third-order valence-corrected chi connectivity index (χ3v) is 6.35. The Morgan fingerprint density at radius 3 is 2.57 bits per heavy atom. The minimum atomic E-state index is -0.957. The van der Waals surface area contributed by atoms with E-state index in [4.69, 9.17) is 4.74 Å². The molecule has 0 spiro atoms. The molecule has 3 aromatic rings. The van der Waals surface area contributed by atoms with Crippen LogP contribution in [0.15, 0.2) is 46.9 Å². The van der Waals surface area contributed by atoms with Gasteiger partial charge in [-0.15, -0.1) is 0 Å². The molecule has 0 aliphatic heterocycles. The van der Waals surface area contributed by atoms with Crippen LogP contribution < -0.4 is 0 Å². The number of ether oxygens (including phenoxy) is 1.